The van der Waals surface area contributed by atoms with Gasteiger partial charge in [-0.15, -0.1) is 0 Å². The van der Waals surface area contributed by atoms with Gasteiger partial charge in [-0.05, 0) is 6.42 Å². The first kappa shape index (κ1) is 9.80. The van der Waals surface area contributed by atoms with Crippen LogP contribution in [-0.2, 0) is 14.6 Å². The van der Waals surface area contributed by atoms with E-state index in [0.717, 1.165) is 0 Å². The zero-order valence-electron chi connectivity index (χ0n) is 5.45. The SMILES string of the molecule is CCC(CF)OS(=O)(=O)O. The Hall–Kier alpha value is -0.200. The smallest absolute Gasteiger partial charge is 0.264 e. The van der Waals surface area contributed by atoms with Gasteiger partial charge in [0.05, 0.1) is 0 Å². The molecule has 0 saturated heterocycles. The summed E-state index contributed by atoms with van der Waals surface area (Å²) in [6.45, 7) is 0.631. The normalized spacial score (nSPS) is 15.1. The summed E-state index contributed by atoms with van der Waals surface area (Å²) in [7, 11) is -4.49. The Morgan fingerprint density at radius 2 is 2.20 bits per heavy atom. The molecule has 1 N–H and O–H groups in total. The lowest BCUT2D eigenvalue weighted by Crippen LogP contribution is -2.18. The van der Waals surface area contributed by atoms with Crippen molar-refractivity contribution in [1.82, 2.24) is 0 Å². The van der Waals surface area contributed by atoms with Gasteiger partial charge in [0.25, 0.3) is 0 Å². The van der Waals surface area contributed by atoms with Crippen LogP contribution in [0.25, 0.3) is 0 Å². The molecule has 0 radical (unpaired) electrons. The van der Waals surface area contributed by atoms with Crippen LogP contribution in [0, 0.1) is 0 Å². The van der Waals surface area contributed by atoms with E-state index in [2.05, 4.69) is 4.18 Å². The maximum absolute atomic E-state index is 11.7. The minimum atomic E-state index is -4.49. The largest absolute Gasteiger partial charge is 0.397 e. The highest BCUT2D eigenvalue weighted by molar-refractivity contribution is 7.80. The molecule has 0 aromatic heterocycles. The van der Waals surface area contributed by atoms with Crippen molar-refractivity contribution in [2.45, 2.75) is 19.4 Å². The minimum Gasteiger partial charge on any atom is -0.264 e. The second-order valence-corrected chi connectivity index (χ2v) is 2.76. The Morgan fingerprint density at radius 3 is 2.30 bits per heavy atom. The fraction of sp³-hybridized carbons (Fsp3) is 1.00. The van der Waals surface area contributed by atoms with E-state index in [-0.39, 0.29) is 6.42 Å². The quantitative estimate of drug-likeness (QED) is 0.629. The fourth-order valence-corrected chi connectivity index (χ4v) is 0.906. The van der Waals surface area contributed by atoms with Crippen LogP contribution in [0.3, 0.4) is 0 Å². The van der Waals surface area contributed by atoms with Gasteiger partial charge in [0, 0.05) is 0 Å². The average Bonchev–Trinajstić information content (AvgIpc) is 1.81. The van der Waals surface area contributed by atoms with Gasteiger partial charge in [-0.1, -0.05) is 6.92 Å². The molecule has 62 valence electrons. The summed E-state index contributed by atoms with van der Waals surface area (Å²) in [5.74, 6) is 0. The van der Waals surface area contributed by atoms with E-state index < -0.39 is 23.2 Å². The molecule has 0 aromatic carbocycles. The van der Waals surface area contributed by atoms with Crippen molar-refractivity contribution >= 4 is 10.4 Å². The molecule has 0 aliphatic rings. The second kappa shape index (κ2) is 3.85. The summed E-state index contributed by atoms with van der Waals surface area (Å²) >= 11 is 0. The first-order chi connectivity index (χ1) is 4.49. The van der Waals surface area contributed by atoms with Crippen LogP contribution in [0.5, 0.6) is 0 Å². The maximum atomic E-state index is 11.7. The Kier molecular flexibility index (Phi) is 3.77. The maximum Gasteiger partial charge on any atom is 0.397 e. The van der Waals surface area contributed by atoms with E-state index in [4.69, 9.17) is 4.55 Å². The van der Waals surface area contributed by atoms with Gasteiger partial charge < -0.3 is 0 Å². The van der Waals surface area contributed by atoms with E-state index in [0.29, 0.717) is 0 Å². The highest BCUT2D eigenvalue weighted by atomic mass is 32.3. The molecule has 0 heterocycles. The van der Waals surface area contributed by atoms with Gasteiger partial charge in [-0.3, -0.25) is 4.55 Å². The van der Waals surface area contributed by atoms with Crippen molar-refractivity contribution in [1.29, 1.82) is 0 Å². The molecule has 1 atom stereocenters. The summed E-state index contributed by atoms with van der Waals surface area (Å²) in [5.41, 5.74) is 0. The second-order valence-electron chi connectivity index (χ2n) is 1.71. The molecule has 0 aromatic rings. The summed E-state index contributed by atoms with van der Waals surface area (Å²) in [4.78, 5) is 0. The van der Waals surface area contributed by atoms with E-state index in [9.17, 15) is 12.8 Å². The number of hydrogen-bond acceptors (Lipinski definition) is 3. The first-order valence-electron chi connectivity index (χ1n) is 2.71. The molecule has 0 amide bonds. The molecular weight excluding hydrogens is 163 g/mol. The van der Waals surface area contributed by atoms with E-state index in [1.54, 1.807) is 6.92 Å². The minimum absolute atomic E-state index is 0.205. The van der Waals surface area contributed by atoms with Crippen molar-refractivity contribution < 1.29 is 21.5 Å². The zero-order chi connectivity index (χ0) is 8.20. The van der Waals surface area contributed by atoms with E-state index in [1.807, 2.05) is 0 Å². The van der Waals surface area contributed by atoms with Crippen molar-refractivity contribution in [2.75, 3.05) is 6.67 Å². The zero-order valence-corrected chi connectivity index (χ0v) is 6.27. The summed E-state index contributed by atoms with van der Waals surface area (Å²) < 4.78 is 43.5. The molecule has 0 rings (SSSR count). The molecule has 4 nitrogen and oxygen atoms in total. The molecule has 0 aliphatic heterocycles. The first-order valence-corrected chi connectivity index (χ1v) is 4.07. The molecule has 0 aliphatic carbocycles. The van der Waals surface area contributed by atoms with Crippen LogP contribution >= 0.6 is 0 Å². The third-order valence-electron chi connectivity index (χ3n) is 0.885. The lowest BCUT2D eigenvalue weighted by molar-refractivity contribution is 0.147. The highest BCUT2D eigenvalue weighted by Crippen LogP contribution is 2.01. The fourth-order valence-electron chi connectivity index (χ4n) is 0.375. The summed E-state index contributed by atoms with van der Waals surface area (Å²) in [6, 6.07) is 0. The topological polar surface area (TPSA) is 63.6 Å². The summed E-state index contributed by atoms with van der Waals surface area (Å²) in [6.07, 6.45) is -0.856. The molecular formula is C4H9FO4S. The molecule has 0 spiro atoms. The van der Waals surface area contributed by atoms with Crippen LogP contribution in [0.15, 0.2) is 0 Å². The Balaban J connectivity index is 3.87. The van der Waals surface area contributed by atoms with Crippen molar-refractivity contribution in [3.8, 4) is 0 Å². The molecule has 1 unspecified atom stereocenters. The Morgan fingerprint density at radius 1 is 1.70 bits per heavy atom. The van der Waals surface area contributed by atoms with Crippen LogP contribution in [0.4, 0.5) is 4.39 Å². The van der Waals surface area contributed by atoms with Gasteiger partial charge in [-0.2, -0.15) is 8.42 Å². The molecule has 6 heteroatoms. The lowest BCUT2D eigenvalue weighted by Gasteiger charge is -2.06. The number of rotatable bonds is 4. The Bertz CT molecular complexity index is 172. The van der Waals surface area contributed by atoms with Gasteiger partial charge in [0.2, 0.25) is 0 Å². The predicted octanol–water partition coefficient (Wildman–Crippen LogP) is 0.554. The average molecular weight is 172 g/mol. The Labute approximate surface area is 59.0 Å². The molecule has 10 heavy (non-hydrogen) atoms. The van der Waals surface area contributed by atoms with Gasteiger partial charge >= 0.3 is 10.4 Å². The molecule has 0 fully saturated rings. The highest BCUT2D eigenvalue weighted by Gasteiger charge is 2.14. The monoisotopic (exact) mass is 172 g/mol. The van der Waals surface area contributed by atoms with Crippen molar-refractivity contribution in [3.05, 3.63) is 0 Å². The van der Waals surface area contributed by atoms with Crippen LogP contribution < -0.4 is 0 Å². The van der Waals surface area contributed by atoms with Crippen molar-refractivity contribution in [3.63, 3.8) is 0 Å². The van der Waals surface area contributed by atoms with Crippen LogP contribution in [0.1, 0.15) is 13.3 Å². The number of halogens is 1. The predicted molar refractivity (Wildman–Crippen MR) is 32.7 cm³/mol. The number of hydrogen-bond donors (Lipinski definition) is 1. The third kappa shape index (κ3) is 4.66. The third-order valence-corrected chi connectivity index (χ3v) is 1.40. The molecule has 0 saturated carbocycles. The lowest BCUT2D eigenvalue weighted by atomic mass is 10.3. The van der Waals surface area contributed by atoms with E-state index >= 15 is 0 Å². The van der Waals surface area contributed by atoms with Gasteiger partial charge in [0.1, 0.15) is 12.8 Å². The molecule has 0 bridgehead atoms. The van der Waals surface area contributed by atoms with Crippen LogP contribution in [0.2, 0.25) is 0 Å². The van der Waals surface area contributed by atoms with Crippen LogP contribution in [-0.4, -0.2) is 25.7 Å². The van der Waals surface area contributed by atoms with Gasteiger partial charge in [-0.25, -0.2) is 8.57 Å². The van der Waals surface area contributed by atoms with E-state index in [1.165, 1.54) is 0 Å². The van der Waals surface area contributed by atoms with Crippen molar-refractivity contribution in [2.24, 2.45) is 0 Å². The van der Waals surface area contributed by atoms with Gasteiger partial charge in [0.15, 0.2) is 0 Å². The summed E-state index contributed by atoms with van der Waals surface area (Å²) in [5, 5.41) is 0. The number of alkyl halides is 1. The standard InChI is InChI=1S/C4H9FO4S/c1-2-4(3-5)9-10(6,7)8/h4H,2-3H2,1H3,(H,6,7,8).